The van der Waals surface area contributed by atoms with Gasteiger partial charge in [0, 0.05) is 29.9 Å². The van der Waals surface area contributed by atoms with Gasteiger partial charge in [0.15, 0.2) is 0 Å². The number of carboxylic acid groups (broad SMARTS) is 1. The first kappa shape index (κ1) is 31.3. The van der Waals surface area contributed by atoms with E-state index in [4.69, 9.17) is 0 Å². The third-order valence-electron chi connectivity index (χ3n) is 7.34. The number of para-hydroxylation sites is 1. The van der Waals surface area contributed by atoms with Gasteiger partial charge in [-0.05, 0) is 59.9 Å². The van der Waals surface area contributed by atoms with Crippen molar-refractivity contribution in [3.63, 3.8) is 0 Å². The number of aldehydes is 1. The van der Waals surface area contributed by atoms with Gasteiger partial charge in [-0.1, -0.05) is 62.4 Å². The first-order chi connectivity index (χ1) is 20.6. The highest BCUT2D eigenvalue weighted by molar-refractivity contribution is 6.12. The number of carbonyl (C=O) groups excluding carboxylic acids is 2. The van der Waals surface area contributed by atoms with Gasteiger partial charge in [0.05, 0.1) is 23.5 Å². The molecule has 4 rings (SSSR count). The maximum absolute atomic E-state index is 14.1. The number of rotatable bonds is 13. The summed E-state index contributed by atoms with van der Waals surface area (Å²) in [5.41, 5.74) is 4.46. The zero-order valence-electron chi connectivity index (χ0n) is 24.0. The molecule has 0 saturated carbocycles. The molecule has 1 aromatic heterocycles. The van der Waals surface area contributed by atoms with E-state index in [1.54, 1.807) is 24.3 Å². The standard InChI is InChI=1S/C34H35FN2O6/c1-21(2)31-30(33(41)36-25-11-7-4-8-12-25)29(22-9-5-3-6-10-22)32(23-13-15-24(35)16-14-23)37(31)18-17-26(39)19-28(40)27(20-38)34(42)43/h3-16,20-21,26-28,39-40H,17-19H2,1-2H3,(H,36,41)(H,42,43)/t26-,27?,28-/m0/s1. The molecule has 0 saturated heterocycles. The number of amides is 1. The average molecular weight is 587 g/mol. The molecule has 0 aliphatic carbocycles. The lowest BCUT2D eigenvalue weighted by Crippen LogP contribution is -2.32. The predicted molar refractivity (Wildman–Crippen MR) is 162 cm³/mol. The molecule has 0 aliphatic heterocycles. The molecule has 0 aliphatic rings. The Morgan fingerprint density at radius 1 is 0.907 bits per heavy atom. The van der Waals surface area contributed by atoms with E-state index >= 15 is 0 Å². The van der Waals surface area contributed by atoms with Crippen LogP contribution >= 0.6 is 0 Å². The Morgan fingerprint density at radius 3 is 2.07 bits per heavy atom. The molecule has 4 N–H and O–H groups in total. The lowest BCUT2D eigenvalue weighted by atomic mass is 9.94. The predicted octanol–water partition coefficient (Wildman–Crippen LogP) is 5.74. The van der Waals surface area contributed by atoms with E-state index in [0.29, 0.717) is 33.8 Å². The van der Waals surface area contributed by atoms with Crippen LogP contribution in [0.5, 0.6) is 0 Å². The molecular weight excluding hydrogens is 551 g/mol. The van der Waals surface area contributed by atoms with E-state index in [-0.39, 0.29) is 37.5 Å². The maximum atomic E-state index is 14.1. The number of anilines is 1. The molecule has 1 unspecified atom stereocenters. The Bertz CT molecular complexity index is 1550. The van der Waals surface area contributed by atoms with Crippen molar-refractivity contribution in [2.75, 3.05) is 5.32 Å². The second-order valence-electron chi connectivity index (χ2n) is 10.7. The van der Waals surface area contributed by atoms with Gasteiger partial charge in [-0.2, -0.15) is 0 Å². The summed E-state index contributed by atoms with van der Waals surface area (Å²) < 4.78 is 16.0. The van der Waals surface area contributed by atoms with Crippen molar-refractivity contribution in [2.24, 2.45) is 5.92 Å². The Kier molecular flexibility index (Phi) is 10.2. The summed E-state index contributed by atoms with van der Waals surface area (Å²) in [7, 11) is 0. The number of aliphatic hydroxyl groups excluding tert-OH is 2. The Morgan fingerprint density at radius 2 is 1.51 bits per heavy atom. The third kappa shape index (κ3) is 7.25. The van der Waals surface area contributed by atoms with Crippen LogP contribution in [0.25, 0.3) is 22.4 Å². The van der Waals surface area contributed by atoms with Crippen LogP contribution in [0.2, 0.25) is 0 Å². The second-order valence-corrected chi connectivity index (χ2v) is 10.7. The highest BCUT2D eigenvalue weighted by Crippen LogP contribution is 2.42. The smallest absolute Gasteiger partial charge is 0.316 e. The molecule has 43 heavy (non-hydrogen) atoms. The van der Waals surface area contributed by atoms with Gasteiger partial charge in [0.25, 0.3) is 5.91 Å². The molecule has 0 bridgehead atoms. The quantitative estimate of drug-likeness (QED) is 0.117. The fourth-order valence-corrected chi connectivity index (χ4v) is 5.34. The van der Waals surface area contributed by atoms with Crippen molar-refractivity contribution < 1.29 is 34.1 Å². The molecule has 0 fully saturated rings. The van der Waals surface area contributed by atoms with Crippen LogP contribution in [0.3, 0.4) is 0 Å². The highest BCUT2D eigenvalue weighted by atomic mass is 19.1. The number of hydrogen-bond acceptors (Lipinski definition) is 5. The SMILES string of the molecule is CC(C)c1c(C(=O)Nc2ccccc2)c(-c2ccccc2)c(-c2ccc(F)cc2)n1CC[C@H](O)C[C@H](O)C(C=O)C(=O)O. The summed E-state index contributed by atoms with van der Waals surface area (Å²) in [6.07, 6.45) is -2.81. The molecular formula is C34H35FN2O6. The van der Waals surface area contributed by atoms with Crippen molar-refractivity contribution >= 4 is 23.9 Å². The van der Waals surface area contributed by atoms with E-state index in [0.717, 1.165) is 5.56 Å². The number of carboxylic acids is 1. The zero-order valence-corrected chi connectivity index (χ0v) is 24.0. The largest absolute Gasteiger partial charge is 0.481 e. The molecule has 1 heterocycles. The van der Waals surface area contributed by atoms with Gasteiger partial charge in [-0.3, -0.25) is 9.59 Å². The van der Waals surface area contributed by atoms with Gasteiger partial charge in [-0.25, -0.2) is 4.39 Å². The van der Waals surface area contributed by atoms with Gasteiger partial charge in [0.2, 0.25) is 0 Å². The number of aromatic nitrogens is 1. The number of nitrogens with one attached hydrogen (secondary N) is 1. The second kappa shape index (κ2) is 14.0. The van der Waals surface area contributed by atoms with Crippen molar-refractivity contribution in [3.8, 4) is 22.4 Å². The third-order valence-corrected chi connectivity index (χ3v) is 7.34. The van der Waals surface area contributed by atoms with E-state index in [1.807, 2.05) is 66.9 Å². The number of benzene rings is 3. The lowest BCUT2D eigenvalue weighted by Gasteiger charge is -2.21. The summed E-state index contributed by atoms with van der Waals surface area (Å²) in [6, 6.07) is 24.4. The van der Waals surface area contributed by atoms with Crippen LogP contribution in [-0.2, 0) is 16.1 Å². The van der Waals surface area contributed by atoms with Crippen molar-refractivity contribution in [3.05, 3.63) is 102 Å². The van der Waals surface area contributed by atoms with Crippen molar-refractivity contribution in [1.82, 2.24) is 4.57 Å². The molecule has 224 valence electrons. The average Bonchev–Trinajstić information content (AvgIpc) is 3.33. The first-order valence-corrected chi connectivity index (χ1v) is 14.1. The summed E-state index contributed by atoms with van der Waals surface area (Å²) in [4.78, 5) is 36.6. The van der Waals surface area contributed by atoms with Crippen molar-refractivity contribution in [2.45, 2.75) is 51.4 Å². The molecule has 0 spiro atoms. The molecule has 0 radical (unpaired) electrons. The normalized spacial score (nSPS) is 13.3. The van der Waals surface area contributed by atoms with Crippen LogP contribution in [0, 0.1) is 11.7 Å². The van der Waals surface area contributed by atoms with Gasteiger partial charge in [-0.15, -0.1) is 0 Å². The Balaban J connectivity index is 1.87. The summed E-state index contributed by atoms with van der Waals surface area (Å²) in [6.45, 7) is 4.09. The summed E-state index contributed by atoms with van der Waals surface area (Å²) in [5.74, 6) is -4.03. The van der Waals surface area contributed by atoms with E-state index in [9.17, 15) is 34.1 Å². The molecule has 1 amide bonds. The van der Waals surface area contributed by atoms with E-state index in [2.05, 4.69) is 5.32 Å². The van der Waals surface area contributed by atoms with Crippen molar-refractivity contribution in [1.29, 1.82) is 0 Å². The number of nitrogens with zero attached hydrogens (tertiary/aromatic N) is 1. The Labute approximate surface area is 249 Å². The van der Waals surface area contributed by atoms with Crippen LogP contribution < -0.4 is 5.32 Å². The van der Waals surface area contributed by atoms with Crippen LogP contribution in [-0.4, -0.2) is 50.3 Å². The molecule has 3 atom stereocenters. The van der Waals surface area contributed by atoms with Crippen LogP contribution in [0.1, 0.15) is 48.7 Å². The number of aliphatic hydroxyl groups is 2. The monoisotopic (exact) mass is 586 g/mol. The number of hydrogen-bond donors (Lipinski definition) is 4. The van der Waals surface area contributed by atoms with Crippen LogP contribution in [0.4, 0.5) is 10.1 Å². The lowest BCUT2D eigenvalue weighted by molar-refractivity contribution is -0.148. The first-order valence-electron chi connectivity index (χ1n) is 14.1. The molecule has 4 aromatic rings. The molecule has 3 aromatic carbocycles. The maximum Gasteiger partial charge on any atom is 0.316 e. The molecule has 9 heteroatoms. The topological polar surface area (TPSA) is 129 Å². The minimum Gasteiger partial charge on any atom is -0.481 e. The minimum absolute atomic E-state index is 0.0822. The Hall–Kier alpha value is -4.60. The summed E-state index contributed by atoms with van der Waals surface area (Å²) in [5, 5.41) is 33.3. The van der Waals surface area contributed by atoms with E-state index in [1.165, 1.54) is 12.1 Å². The minimum atomic E-state index is -1.65. The number of halogens is 1. The number of aliphatic carboxylic acids is 1. The van der Waals surface area contributed by atoms with Gasteiger partial charge >= 0.3 is 5.97 Å². The fourth-order valence-electron chi connectivity index (χ4n) is 5.34. The van der Waals surface area contributed by atoms with Crippen LogP contribution in [0.15, 0.2) is 84.9 Å². The fraction of sp³-hybridized carbons (Fsp3) is 0.265. The highest BCUT2D eigenvalue weighted by Gasteiger charge is 2.32. The number of carbonyl (C=O) groups is 3. The van der Waals surface area contributed by atoms with E-state index < -0.39 is 29.9 Å². The molecule has 8 nitrogen and oxygen atoms in total. The summed E-state index contributed by atoms with van der Waals surface area (Å²) >= 11 is 0. The van der Waals surface area contributed by atoms with Gasteiger partial charge in [0.1, 0.15) is 18.0 Å². The zero-order chi connectivity index (χ0) is 31.1. The van der Waals surface area contributed by atoms with Gasteiger partial charge < -0.3 is 30.0 Å².